The minimum Gasteiger partial charge on any atom is -0.308 e. The maximum atomic E-state index is 6.17. The van der Waals surface area contributed by atoms with Gasteiger partial charge >= 0.3 is 0 Å². The predicted molar refractivity (Wildman–Crippen MR) is 58.3 cm³/mol. The molecule has 0 fully saturated rings. The van der Waals surface area contributed by atoms with Crippen LogP contribution in [0.25, 0.3) is 0 Å². The summed E-state index contributed by atoms with van der Waals surface area (Å²) in [5.74, 6) is 0. The first kappa shape index (κ1) is 10.6. The Morgan fingerprint density at radius 1 is 1.23 bits per heavy atom. The van der Waals surface area contributed by atoms with Crippen LogP contribution in [0.2, 0.25) is 0 Å². The van der Waals surface area contributed by atoms with E-state index in [2.05, 4.69) is 29.2 Å². The van der Waals surface area contributed by atoms with Crippen LogP contribution in [0.3, 0.4) is 0 Å². The molecule has 13 heavy (non-hydrogen) atoms. The normalized spacial score (nSPS) is 13.2. The summed E-state index contributed by atoms with van der Waals surface area (Å²) in [4.78, 5) is 2.11. The Bertz CT molecular complexity index is 233. The van der Waals surface area contributed by atoms with Crippen LogP contribution in [-0.2, 0) is 6.42 Å². The van der Waals surface area contributed by atoms with Crippen molar-refractivity contribution in [1.29, 1.82) is 0 Å². The molecule has 0 radical (unpaired) electrons. The Kier molecular flexibility index (Phi) is 4.26. The van der Waals surface area contributed by atoms with Crippen LogP contribution in [0.15, 0.2) is 30.3 Å². The molecule has 0 aliphatic rings. The van der Waals surface area contributed by atoms with E-state index in [0.717, 1.165) is 13.0 Å². The summed E-state index contributed by atoms with van der Waals surface area (Å²) in [6.45, 7) is 0.927. The van der Waals surface area contributed by atoms with E-state index in [-0.39, 0.29) is 5.38 Å². The molecule has 72 valence electrons. The van der Waals surface area contributed by atoms with Gasteiger partial charge in [-0.15, -0.1) is 11.6 Å². The molecule has 0 bridgehead atoms. The van der Waals surface area contributed by atoms with Crippen molar-refractivity contribution in [3.63, 3.8) is 0 Å². The van der Waals surface area contributed by atoms with Crippen molar-refractivity contribution in [2.45, 2.75) is 11.8 Å². The van der Waals surface area contributed by atoms with Gasteiger partial charge in [0.15, 0.2) is 0 Å². The molecule has 1 atom stereocenters. The van der Waals surface area contributed by atoms with Crippen LogP contribution < -0.4 is 0 Å². The maximum absolute atomic E-state index is 6.17. The third kappa shape index (κ3) is 4.30. The highest BCUT2D eigenvalue weighted by molar-refractivity contribution is 6.20. The highest BCUT2D eigenvalue weighted by Crippen LogP contribution is 2.08. The third-order valence-electron chi connectivity index (χ3n) is 1.86. The molecule has 1 aromatic carbocycles. The van der Waals surface area contributed by atoms with Gasteiger partial charge < -0.3 is 4.90 Å². The molecular formula is C11H16ClN. The Balaban J connectivity index is 2.41. The molecule has 0 heterocycles. The van der Waals surface area contributed by atoms with Gasteiger partial charge in [0.25, 0.3) is 0 Å². The lowest BCUT2D eigenvalue weighted by atomic mass is 10.1. The van der Waals surface area contributed by atoms with E-state index >= 15 is 0 Å². The van der Waals surface area contributed by atoms with Crippen molar-refractivity contribution in [3.8, 4) is 0 Å². The summed E-state index contributed by atoms with van der Waals surface area (Å²) >= 11 is 6.17. The minimum absolute atomic E-state index is 0.206. The molecular weight excluding hydrogens is 182 g/mol. The van der Waals surface area contributed by atoms with E-state index in [1.165, 1.54) is 5.56 Å². The van der Waals surface area contributed by atoms with E-state index in [1.807, 2.05) is 20.2 Å². The highest BCUT2D eigenvalue weighted by atomic mass is 35.5. The summed E-state index contributed by atoms with van der Waals surface area (Å²) < 4.78 is 0. The second-order valence-electron chi connectivity index (χ2n) is 3.55. The minimum atomic E-state index is 0.206. The smallest absolute Gasteiger partial charge is 0.0503 e. The lowest BCUT2D eigenvalue weighted by Crippen LogP contribution is -2.23. The van der Waals surface area contributed by atoms with Crippen LogP contribution in [0.5, 0.6) is 0 Å². The van der Waals surface area contributed by atoms with E-state index in [0.29, 0.717) is 0 Å². The maximum Gasteiger partial charge on any atom is 0.0503 e. The zero-order chi connectivity index (χ0) is 9.68. The topological polar surface area (TPSA) is 3.24 Å². The average molecular weight is 198 g/mol. The second kappa shape index (κ2) is 5.25. The number of rotatable bonds is 4. The third-order valence-corrected chi connectivity index (χ3v) is 2.16. The number of alkyl halides is 1. The molecule has 0 aliphatic heterocycles. The second-order valence-corrected chi connectivity index (χ2v) is 4.17. The SMILES string of the molecule is CN(C)CC(Cl)Cc1ccccc1. The fourth-order valence-corrected chi connectivity index (χ4v) is 1.78. The zero-order valence-corrected chi connectivity index (χ0v) is 8.96. The fourth-order valence-electron chi connectivity index (χ4n) is 1.33. The molecule has 2 heteroatoms. The predicted octanol–water partition coefficient (Wildman–Crippen LogP) is 2.40. The zero-order valence-electron chi connectivity index (χ0n) is 8.20. The molecule has 0 saturated carbocycles. The van der Waals surface area contributed by atoms with Gasteiger partial charge in [-0.05, 0) is 26.1 Å². The van der Waals surface area contributed by atoms with E-state index < -0.39 is 0 Å². The molecule has 0 N–H and O–H groups in total. The van der Waals surface area contributed by atoms with Gasteiger partial charge in [0.2, 0.25) is 0 Å². The van der Waals surface area contributed by atoms with Crippen LogP contribution in [0.4, 0.5) is 0 Å². The van der Waals surface area contributed by atoms with Crippen molar-refractivity contribution in [2.24, 2.45) is 0 Å². The summed E-state index contributed by atoms with van der Waals surface area (Å²) in [6, 6.07) is 10.4. The lowest BCUT2D eigenvalue weighted by Gasteiger charge is -2.14. The highest BCUT2D eigenvalue weighted by Gasteiger charge is 2.06. The van der Waals surface area contributed by atoms with Gasteiger partial charge in [-0.1, -0.05) is 30.3 Å². The number of hydrogen-bond donors (Lipinski definition) is 0. The molecule has 1 aromatic rings. The van der Waals surface area contributed by atoms with Crippen LogP contribution in [0.1, 0.15) is 5.56 Å². The first-order valence-corrected chi connectivity index (χ1v) is 4.95. The lowest BCUT2D eigenvalue weighted by molar-refractivity contribution is 0.404. The van der Waals surface area contributed by atoms with Gasteiger partial charge in [-0.2, -0.15) is 0 Å². The molecule has 0 spiro atoms. The number of hydrogen-bond acceptors (Lipinski definition) is 1. The standard InChI is InChI=1S/C11H16ClN/c1-13(2)9-11(12)8-10-6-4-3-5-7-10/h3-7,11H,8-9H2,1-2H3. The summed E-state index contributed by atoms with van der Waals surface area (Å²) in [6.07, 6.45) is 0.945. The fraction of sp³-hybridized carbons (Fsp3) is 0.455. The first-order chi connectivity index (χ1) is 6.18. The monoisotopic (exact) mass is 197 g/mol. The summed E-state index contributed by atoms with van der Waals surface area (Å²) in [5, 5.41) is 0.206. The molecule has 1 nitrogen and oxygen atoms in total. The molecule has 1 unspecified atom stereocenters. The van der Waals surface area contributed by atoms with E-state index in [4.69, 9.17) is 11.6 Å². The van der Waals surface area contributed by atoms with Crippen LogP contribution in [0, 0.1) is 0 Å². The van der Waals surface area contributed by atoms with Crippen molar-refractivity contribution in [2.75, 3.05) is 20.6 Å². The van der Waals surface area contributed by atoms with E-state index in [9.17, 15) is 0 Å². The van der Waals surface area contributed by atoms with Crippen LogP contribution in [-0.4, -0.2) is 30.9 Å². The first-order valence-electron chi connectivity index (χ1n) is 4.51. The Morgan fingerprint density at radius 3 is 2.38 bits per heavy atom. The van der Waals surface area contributed by atoms with Gasteiger partial charge in [-0.3, -0.25) is 0 Å². The average Bonchev–Trinajstić information content (AvgIpc) is 2.04. The Morgan fingerprint density at radius 2 is 1.85 bits per heavy atom. The van der Waals surface area contributed by atoms with Crippen LogP contribution >= 0.6 is 11.6 Å². The van der Waals surface area contributed by atoms with Crippen molar-refractivity contribution < 1.29 is 0 Å². The van der Waals surface area contributed by atoms with Crippen molar-refractivity contribution >= 4 is 11.6 Å². The largest absolute Gasteiger partial charge is 0.308 e. The van der Waals surface area contributed by atoms with Crippen molar-refractivity contribution in [1.82, 2.24) is 4.90 Å². The Labute approximate surface area is 85.3 Å². The van der Waals surface area contributed by atoms with Gasteiger partial charge in [0.1, 0.15) is 0 Å². The van der Waals surface area contributed by atoms with Gasteiger partial charge in [-0.25, -0.2) is 0 Å². The molecule has 0 aliphatic carbocycles. The molecule has 1 rings (SSSR count). The van der Waals surface area contributed by atoms with E-state index in [1.54, 1.807) is 0 Å². The Hall–Kier alpha value is -0.530. The molecule has 0 saturated heterocycles. The molecule has 0 amide bonds. The molecule has 0 aromatic heterocycles. The van der Waals surface area contributed by atoms with Gasteiger partial charge in [0.05, 0.1) is 5.38 Å². The quantitative estimate of drug-likeness (QED) is 0.671. The number of nitrogens with zero attached hydrogens (tertiary/aromatic N) is 1. The number of benzene rings is 1. The van der Waals surface area contributed by atoms with Crippen molar-refractivity contribution in [3.05, 3.63) is 35.9 Å². The van der Waals surface area contributed by atoms with Gasteiger partial charge in [0, 0.05) is 6.54 Å². The summed E-state index contributed by atoms with van der Waals surface area (Å²) in [5.41, 5.74) is 1.31. The number of halogens is 1. The summed E-state index contributed by atoms with van der Waals surface area (Å²) in [7, 11) is 4.08.